The Balaban J connectivity index is -0.0000000200. The van der Waals surface area contributed by atoms with Crippen molar-refractivity contribution in [3.63, 3.8) is 0 Å². The molecule has 0 aliphatic carbocycles. The van der Waals surface area contributed by atoms with Crippen molar-refractivity contribution in [1.29, 1.82) is 0 Å². The van der Waals surface area contributed by atoms with Gasteiger partial charge in [0, 0.05) is 53.8 Å². The predicted molar refractivity (Wildman–Crippen MR) is 15.6 cm³/mol. The van der Waals surface area contributed by atoms with E-state index in [4.69, 9.17) is 0 Å². The van der Waals surface area contributed by atoms with Crippen LogP contribution >= 0.6 is 0 Å². The topological polar surface area (TPSA) is 0 Å². The number of rotatable bonds is 0. The van der Waals surface area contributed by atoms with Crippen LogP contribution in [0.5, 0.6) is 0 Å². The van der Waals surface area contributed by atoms with Crippen LogP contribution in [0.15, 0.2) is 0 Å². The average Bonchev–Trinajstić information content (AvgIpc) is 0.918. The van der Waals surface area contributed by atoms with Crippen LogP contribution in [0, 0.1) is 6.42 Å². The SMILES string of the molecule is C[CH-]C.[W].[Y]. The van der Waals surface area contributed by atoms with Crippen molar-refractivity contribution in [2.75, 3.05) is 0 Å². The van der Waals surface area contributed by atoms with Crippen molar-refractivity contribution >= 4 is 0 Å². The van der Waals surface area contributed by atoms with E-state index in [0.29, 0.717) is 0 Å². The van der Waals surface area contributed by atoms with E-state index in [0.717, 1.165) is 0 Å². The first-order chi connectivity index (χ1) is 1.41. The fraction of sp³-hybridized carbons (Fsp3) is 0.667. The molecule has 0 saturated heterocycles. The zero-order valence-electron chi connectivity index (χ0n) is 3.56. The fourth-order valence-electron chi connectivity index (χ4n) is 0. The minimum absolute atomic E-state index is 0. The first kappa shape index (κ1) is 15.8. The van der Waals surface area contributed by atoms with Crippen molar-refractivity contribution < 1.29 is 53.8 Å². The van der Waals surface area contributed by atoms with Gasteiger partial charge < -0.3 is 6.42 Å². The quantitative estimate of drug-likeness (QED) is 0.590. The first-order valence-corrected chi connectivity index (χ1v) is 1.15. The molecule has 0 unspecified atom stereocenters. The van der Waals surface area contributed by atoms with Crippen LogP contribution in [0.3, 0.4) is 0 Å². The third kappa shape index (κ3) is 25.9. The Labute approximate surface area is 73.2 Å². The van der Waals surface area contributed by atoms with Gasteiger partial charge in [0.25, 0.3) is 0 Å². The molecule has 0 amide bonds. The first-order valence-electron chi connectivity index (χ1n) is 1.15. The van der Waals surface area contributed by atoms with E-state index in [1.54, 1.807) is 0 Å². The molecular weight excluding hydrogens is 309 g/mol. The summed E-state index contributed by atoms with van der Waals surface area (Å²) >= 11 is 0. The zero-order valence-corrected chi connectivity index (χ0v) is 9.33. The summed E-state index contributed by atoms with van der Waals surface area (Å²) in [6, 6.07) is 0. The summed E-state index contributed by atoms with van der Waals surface area (Å²) in [5.74, 6) is 0. The predicted octanol–water partition coefficient (Wildman–Crippen LogP) is 1.23. The molecule has 0 aromatic carbocycles. The summed E-state index contributed by atoms with van der Waals surface area (Å²) in [6.45, 7) is 4.00. The van der Waals surface area contributed by atoms with E-state index in [1.807, 2.05) is 20.3 Å². The maximum Gasteiger partial charge on any atom is 0 e. The van der Waals surface area contributed by atoms with Gasteiger partial charge in [0.2, 0.25) is 0 Å². The van der Waals surface area contributed by atoms with Gasteiger partial charge in [-0.05, 0) is 0 Å². The molecule has 0 saturated carbocycles. The molecule has 0 aliphatic rings. The van der Waals surface area contributed by atoms with Crippen molar-refractivity contribution in [3.05, 3.63) is 6.42 Å². The second-order valence-electron chi connectivity index (χ2n) is 0.577. The van der Waals surface area contributed by atoms with Crippen molar-refractivity contribution in [2.24, 2.45) is 0 Å². The Hall–Kier alpha value is 1.79. The Morgan fingerprint density at radius 2 is 1.20 bits per heavy atom. The van der Waals surface area contributed by atoms with Gasteiger partial charge in [-0.25, -0.2) is 0 Å². The molecule has 0 spiro atoms. The third-order valence-electron chi connectivity index (χ3n) is 0. The smallest absolute Gasteiger partial charge is 0 e. The summed E-state index contributed by atoms with van der Waals surface area (Å²) in [6.07, 6.45) is 2.00. The molecule has 0 atom stereocenters. The molecule has 29 valence electrons. The van der Waals surface area contributed by atoms with Crippen molar-refractivity contribution in [1.82, 2.24) is 0 Å². The minimum Gasteiger partial charge on any atom is -0.335 e. The maximum atomic E-state index is 2.00. The standard InChI is InChI=1S/C3H7.W.Y/c1-3-2;;/h3H,1-2H3;;/q-1;;. The molecule has 0 aliphatic heterocycles. The number of hydrogen-bond acceptors (Lipinski definition) is 0. The van der Waals surface area contributed by atoms with E-state index in [1.165, 1.54) is 0 Å². The van der Waals surface area contributed by atoms with E-state index in [-0.39, 0.29) is 53.8 Å². The van der Waals surface area contributed by atoms with Crippen molar-refractivity contribution in [3.8, 4) is 0 Å². The second kappa shape index (κ2) is 17.1. The van der Waals surface area contributed by atoms with Gasteiger partial charge in [0.15, 0.2) is 0 Å². The molecule has 0 heterocycles. The molecule has 0 bridgehead atoms. The molecule has 5 heavy (non-hydrogen) atoms. The molecular formula is C3H7WY-. The van der Waals surface area contributed by atoms with E-state index in [2.05, 4.69) is 0 Å². The van der Waals surface area contributed by atoms with Crippen molar-refractivity contribution in [2.45, 2.75) is 13.8 Å². The summed E-state index contributed by atoms with van der Waals surface area (Å²) in [4.78, 5) is 0. The minimum atomic E-state index is 0. The molecule has 0 rings (SSSR count). The molecule has 0 fully saturated rings. The van der Waals surface area contributed by atoms with Gasteiger partial charge in [-0.2, -0.15) is 13.8 Å². The van der Waals surface area contributed by atoms with Crippen LogP contribution in [0.2, 0.25) is 0 Å². The van der Waals surface area contributed by atoms with Crippen LogP contribution in [0.25, 0.3) is 0 Å². The summed E-state index contributed by atoms with van der Waals surface area (Å²) < 4.78 is 0. The van der Waals surface area contributed by atoms with E-state index >= 15 is 0 Å². The number of hydrogen-bond donors (Lipinski definition) is 0. The fourth-order valence-corrected chi connectivity index (χ4v) is 0. The van der Waals surface area contributed by atoms with Crippen LogP contribution in [-0.4, -0.2) is 0 Å². The molecule has 0 nitrogen and oxygen atoms in total. The largest absolute Gasteiger partial charge is 0.335 e. The van der Waals surface area contributed by atoms with Crippen LogP contribution < -0.4 is 0 Å². The summed E-state index contributed by atoms with van der Waals surface area (Å²) in [7, 11) is 0. The van der Waals surface area contributed by atoms with Crippen LogP contribution in [-0.2, 0) is 53.8 Å². The van der Waals surface area contributed by atoms with Gasteiger partial charge in [0.1, 0.15) is 0 Å². The second-order valence-corrected chi connectivity index (χ2v) is 0.577. The van der Waals surface area contributed by atoms with E-state index < -0.39 is 0 Å². The third-order valence-corrected chi connectivity index (χ3v) is 0. The Morgan fingerprint density at radius 1 is 1.20 bits per heavy atom. The summed E-state index contributed by atoms with van der Waals surface area (Å²) in [5, 5.41) is 0. The van der Waals surface area contributed by atoms with Gasteiger partial charge in [-0.15, -0.1) is 0 Å². The van der Waals surface area contributed by atoms with E-state index in [9.17, 15) is 0 Å². The Kier molecular flexibility index (Phi) is 54.1. The monoisotopic (exact) mass is 316 g/mol. The van der Waals surface area contributed by atoms with Gasteiger partial charge in [0.05, 0.1) is 0 Å². The Morgan fingerprint density at radius 3 is 1.20 bits per heavy atom. The molecule has 2 heteroatoms. The normalized spacial score (nSPS) is 3.60. The molecule has 0 aromatic rings. The molecule has 1 radical (unpaired) electrons. The van der Waals surface area contributed by atoms with Crippen LogP contribution in [0.4, 0.5) is 0 Å². The molecule has 0 aromatic heterocycles. The Bertz CT molecular complexity index is 6.85. The molecule has 0 N–H and O–H groups in total. The zero-order chi connectivity index (χ0) is 2.71. The van der Waals surface area contributed by atoms with Crippen LogP contribution in [0.1, 0.15) is 13.8 Å². The average molecular weight is 316 g/mol. The maximum absolute atomic E-state index is 2.00. The van der Waals surface area contributed by atoms with Gasteiger partial charge >= 0.3 is 0 Å². The van der Waals surface area contributed by atoms with Gasteiger partial charge in [-0.1, -0.05) is 0 Å². The van der Waals surface area contributed by atoms with Gasteiger partial charge in [-0.3, -0.25) is 0 Å². The summed E-state index contributed by atoms with van der Waals surface area (Å²) in [5.41, 5.74) is 0.